The van der Waals surface area contributed by atoms with E-state index in [0.717, 1.165) is 11.8 Å². The number of aliphatic hydroxyl groups excluding tert-OH is 1. The Morgan fingerprint density at radius 3 is 2.88 bits per heavy atom. The number of methoxy groups -OCH3 is 1. The van der Waals surface area contributed by atoms with Crippen LogP contribution in [-0.2, 0) is 9.53 Å². The average Bonchev–Trinajstić information content (AvgIpc) is 2.67. The summed E-state index contributed by atoms with van der Waals surface area (Å²) in [6, 6.07) is -0.669. The highest BCUT2D eigenvalue weighted by atomic mass is 32.2. The predicted octanol–water partition coefficient (Wildman–Crippen LogP) is -0.593. The van der Waals surface area contributed by atoms with Gasteiger partial charge in [-0.1, -0.05) is 11.8 Å². The molecule has 0 bridgehead atoms. The molecular weight excluding hydrogens is 232 g/mol. The first-order valence-electron chi connectivity index (χ1n) is 4.99. The van der Waals surface area contributed by atoms with E-state index in [1.807, 2.05) is 0 Å². The molecule has 2 atom stereocenters. The topological polar surface area (TPSA) is 92.9 Å². The van der Waals surface area contributed by atoms with Gasteiger partial charge in [-0.05, 0) is 0 Å². The van der Waals surface area contributed by atoms with E-state index in [0.29, 0.717) is 12.3 Å². The number of aliphatic hydroxyl groups is 1. The molecule has 7 heteroatoms. The quantitative estimate of drug-likeness (QED) is 0.648. The molecular formula is C9H16N2O4S. The molecule has 0 aromatic heterocycles. The summed E-state index contributed by atoms with van der Waals surface area (Å²) in [4.78, 5) is 24.4. The molecule has 1 rings (SSSR count). The highest BCUT2D eigenvalue weighted by Gasteiger charge is 2.39. The van der Waals surface area contributed by atoms with Crippen LogP contribution in [0.1, 0.15) is 6.42 Å². The Kier molecular flexibility index (Phi) is 5.04. The van der Waals surface area contributed by atoms with Crippen molar-refractivity contribution >= 4 is 23.0 Å². The summed E-state index contributed by atoms with van der Waals surface area (Å²) >= 11 is 1.05. The second-order valence-electron chi connectivity index (χ2n) is 3.48. The first kappa shape index (κ1) is 13.3. The monoisotopic (exact) mass is 248 g/mol. The minimum atomic E-state index is -0.669. The minimum absolute atomic E-state index is 0.177. The van der Waals surface area contributed by atoms with Gasteiger partial charge < -0.3 is 20.5 Å². The molecule has 1 amide bonds. The van der Waals surface area contributed by atoms with Crippen molar-refractivity contribution in [2.24, 2.45) is 5.73 Å². The number of esters is 1. The van der Waals surface area contributed by atoms with Crippen molar-refractivity contribution in [3.8, 4) is 0 Å². The van der Waals surface area contributed by atoms with Crippen LogP contribution in [-0.4, -0.2) is 59.3 Å². The maximum atomic E-state index is 11.7. The summed E-state index contributed by atoms with van der Waals surface area (Å²) in [5.41, 5.74) is 5.29. The third kappa shape index (κ3) is 3.10. The van der Waals surface area contributed by atoms with Crippen molar-refractivity contribution in [3.63, 3.8) is 0 Å². The molecule has 1 saturated heterocycles. The highest BCUT2D eigenvalue weighted by Crippen LogP contribution is 2.23. The fraction of sp³-hybridized carbons (Fsp3) is 0.778. The Labute approximate surface area is 98.1 Å². The van der Waals surface area contributed by atoms with Crippen molar-refractivity contribution in [1.82, 2.24) is 4.90 Å². The van der Waals surface area contributed by atoms with Gasteiger partial charge in [0.05, 0.1) is 13.2 Å². The Hall–Kier alpha value is -0.790. The number of nitrogens with two attached hydrogens (primary N) is 1. The number of nitrogens with zero attached hydrogens (tertiary/aromatic N) is 1. The lowest BCUT2D eigenvalue weighted by Crippen LogP contribution is -2.39. The van der Waals surface area contributed by atoms with Crippen LogP contribution in [0.3, 0.4) is 0 Å². The smallest absolute Gasteiger partial charge is 0.328 e. The Morgan fingerprint density at radius 1 is 1.62 bits per heavy atom. The number of hydrogen-bond donors (Lipinski definition) is 2. The van der Waals surface area contributed by atoms with Crippen molar-refractivity contribution in [3.05, 3.63) is 0 Å². The highest BCUT2D eigenvalue weighted by molar-refractivity contribution is 8.13. The van der Waals surface area contributed by atoms with Gasteiger partial charge in [0.1, 0.15) is 6.04 Å². The summed E-state index contributed by atoms with van der Waals surface area (Å²) in [5, 5.41) is 9.21. The van der Waals surface area contributed by atoms with Crippen LogP contribution in [0, 0.1) is 0 Å². The van der Waals surface area contributed by atoms with E-state index in [-0.39, 0.29) is 18.2 Å². The van der Waals surface area contributed by atoms with Gasteiger partial charge in [-0.25, -0.2) is 4.79 Å². The number of β-amino-alcohol motifs (C(OH)–C–C–N with tert-alkyl or cyclic N) is 1. The minimum Gasteiger partial charge on any atom is -0.467 e. The summed E-state index contributed by atoms with van der Waals surface area (Å²) in [6.45, 7) is 0.575. The summed E-state index contributed by atoms with van der Waals surface area (Å²) in [7, 11) is 1.27. The zero-order valence-corrected chi connectivity index (χ0v) is 9.90. The molecule has 0 aromatic carbocycles. The Morgan fingerprint density at radius 2 is 2.31 bits per heavy atom. The fourth-order valence-corrected chi connectivity index (χ4v) is 2.26. The zero-order chi connectivity index (χ0) is 12.1. The van der Waals surface area contributed by atoms with E-state index >= 15 is 0 Å². The summed E-state index contributed by atoms with van der Waals surface area (Å²) in [6.07, 6.45) is -0.423. The van der Waals surface area contributed by atoms with E-state index in [1.165, 1.54) is 12.0 Å². The average molecular weight is 248 g/mol. The fourth-order valence-electron chi connectivity index (χ4n) is 1.60. The normalized spacial score (nSPS) is 24.6. The van der Waals surface area contributed by atoms with Crippen LogP contribution in [0.4, 0.5) is 4.79 Å². The van der Waals surface area contributed by atoms with Crippen molar-refractivity contribution in [2.75, 3.05) is 26.0 Å². The molecule has 6 nitrogen and oxygen atoms in total. The summed E-state index contributed by atoms with van der Waals surface area (Å²) < 4.78 is 4.59. The van der Waals surface area contributed by atoms with E-state index in [9.17, 15) is 14.7 Å². The Balaban J connectivity index is 2.61. The largest absolute Gasteiger partial charge is 0.467 e. The molecule has 0 spiro atoms. The van der Waals surface area contributed by atoms with Crippen LogP contribution in [0.5, 0.6) is 0 Å². The number of amides is 1. The number of ether oxygens (including phenoxy) is 1. The van der Waals surface area contributed by atoms with Gasteiger partial charge in [0.2, 0.25) is 0 Å². The standard InChI is InChI=1S/C9H16N2O4S/c1-15-8(13)7-4-6(12)5-11(7)9(14)16-3-2-10/h6-7,12H,2-5,10H2,1H3. The van der Waals surface area contributed by atoms with E-state index in [4.69, 9.17) is 5.73 Å². The lowest BCUT2D eigenvalue weighted by molar-refractivity contribution is -0.144. The van der Waals surface area contributed by atoms with Crippen LogP contribution in [0.25, 0.3) is 0 Å². The maximum Gasteiger partial charge on any atom is 0.328 e. The predicted molar refractivity (Wildman–Crippen MR) is 60.0 cm³/mol. The number of thioether (sulfide) groups is 1. The third-order valence-electron chi connectivity index (χ3n) is 2.33. The van der Waals surface area contributed by atoms with Crippen LogP contribution >= 0.6 is 11.8 Å². The molecule has 1 heterocycles. The number of carbonyl (C=O) groups excluding carboxylic acids is 2. The van der Waals surface area contributed by atoms with Gasteiger partial charge in [0.15, 0.2) is 0 Å². The van der Waals surface area contributed by atoms with Gasteiger partial charge in [0, 0.05) is 25.3 Å². The summed E-state index contributed by atoms with van der Waals surface area (Å²) in [5.74, 6) is 0.0116. The first-order valence-corrected chi connectivity index (χ1v) is 5.98. The number of hydrogen-bond acceptors (Lipinski definition) is 6. The van der Waals surface area contributed by atoms with Crippen LogP contribution < -0.4 is 5.73 Å². The second kappa shape index (κ2) is 6.07. The maximum absolute atomic E-state index is 11.7. The molecule has 0 radical (unpaired) electrons. The van der Waals surface area contributed by atoms with Gasteiger partial charge in [-0.3, -0.25) is 4.79 Å². The Bertz CT molecular complexity index is 274. The molecule has 92 valence electrons. The van der Waals surface area contributed by atoms with Gasteiger partial charge in [-0.2, -0.15) is 0 Å². The van der Waals surface area contributed by atoms with Crippen molar-refractivity contribution in [2.45, 2.75) is 18.6 Å². The van der Waals surface area contributed by atoms with Crippen LogP contribution in [0.2, 0.25) is 0 Å². The SMILES string of the molecule is COC(=O)C1CC(O)CN1C(=O)SCCN. The molecule has 0 aliphatic carbocycles. The second-order valence-corrected chi connectivity index (χ2v) is 4.53. The van der Waals surface area contributed by atoms with Gasteiger partial charge in [0.25, 0.3) is 5.24 Å². The molecule has 1 fully saturated rings. The molecule has 0 aromatic rings. The molecule has 1 aliphatic heterocycles. The third-order valence-corrected chi connectivity index (χ3v) is 3.25. The van der Waals surface area contributed by atoms with E-state index in [1.54, 1.807) is 0 Å². The van der Waals surface area contributed by atoms with E-state index < -0.39 is 18.1 Å². The van der Waals surface area contributed by atoms with Crippen molar-refractivity contribution < 1.29 is 19.4 Å². The lowest BCUT2D eigenvalue weighted by atomic mass is 10.2. The number of likely N-dealkylation sites (tertiary alicyclic amines) is 1. The number of carbonyl (C=O) groups is 2. The molecule has 16 heavy (non-hydrogen) atoms. The molecule has 0 saturated carbocycles. The molecule has 3 N–H and O–H groups in total. The lowest BCUT2D eigenvalue weighted by Gasteiger charge is -2.21. The van der Waals surface area contributed by atoms with Gasteiger partial charge >= 0.3 is 5.97 Å². The zero-order valence-electron chi connectivity index (χ0n) is 9.09. The van der Waals surface area contributed by atoms with Crippen LogP contribution in [0.15, 0.2) is 0 Å². The van der Waals surface area contributed by atoms with Gasteiger partial charge in [-0.15, -0.1) is 0 Å². The first-order chi connectivity index (χ1) is 7.60. The molecule has 2 unspecified atom stereocenters. The van der Waals surface area contributed by atoms with E-state index in [2.05, 4.69) is 4.74 Å². The van der Waals surface area contributed by atoms with Crippen molar-refractivity contribution in [1.29, 1.82) is 0 Å². The number of rotatable bonds is 3. The molecule has 1 aliphatic rings.